The minimum atomic E-state index is -4.44. The van der Waals surface area contributed by atoms with Crippen molar-refractivity contribution in [3.8, 4) is 11.8 Å². The van der Waals surface area contributed by atoms with Gasteiger partial charge in [0.1, 0.15) is 11.8 Å². The third-order valence-corrected chi connectivity index (χ3v) is 3.99. The maximum absolute atomic E-state index is 12.9. The van der Waals surface area contributed by atoms with Crippen LogP contribution < -0.4 is 4.74 Å². The van der Waals surface area contributed by atoms with Gasteiger partial charge in [-0.3, -0.25) is 4.79 Å². The van der Waals surface area contributed by atoms with Crippen molar-refractivity contribution in [2.75, 3.05) is 0 Å². The highest BCUT2D eigenvalue weighted by atomic mass is 19.4. The third kappa shape index (κ3) is 4.82. The molecule has 1 aromatic rings. The summed E-state index contributed by atoms with van der Waals surface area (Å²) in [4.78, 5) is 12.0. The number of esters is 1. The van der Waals surface area contributed by atoms with E-state index >= 15 is 0 Å². The molecule has 1 aromatic carbocycles. The van der Waals surface area contributed by atoms with E-state index in [-0.39, 0.29) is 17.6 Å². The summed E-state index contributed by atoms with van der Waals surface area (Å²) in [6, 6.07) is 5.35. The van der Waals surface area contributed by atoms with Crippen molar-refractivity contribution in [3.05, 3.63) is 41.7 Å². The number of allylic oxidation sites excluding steroid dienone is 2. The molecule has 0 spiro atoms. The zero-order valence-corrected chi connectivity index (χ0v) is 12.6. The maximum Gasteiger partial charge on any atom is 0.416 e. The summed E-state index contributed by atoms with van der Waals surface area (Å²) in [6.45, 7) is 0. The maximum atomic E-state index is 12.9. The predicted octanol–water partition coefficient (Wildman–Crippen LogP) is 4.79. The van der Waals surface area contributed by atoms with Crippen LogP contribution in [-0.2, 0) is 11.0 Å². The van der Waals surface area contributed by atoms with Crippen LogP contribution in [0.4, 0.5) is 17.6 Å². The summed E-state index contributed by atoms with van der Waals surface area (Å²) in [5.41, 5.74) is -0.811. The molecule has 0 aliphatic heterocycles. The fourth-order valence-corrected chi connectivity index (χ4v) is 2.68. The van der Waals surface area contributed by atoms with Crippen molar-refractivity contribution in [1.29, 1.82) is 5.26 Å². The Kier molecular flexibility index (Phi) is 5.60. The first-order chi connectivity index (χ1) is 11.3. The molecule has 1 saturated carbocycles. The minimum absolute atomic E-state index is 0.0607. The van der Waals surface area contributed by atoms with Crippen LogP contribution in [0.5, 0.6) is 5.75 Å². The van der Waals surface area contributed by atoms with Crippen molar-refractivity contribution in [2.45, 2.75) is 31.9 Å². The summed E-state index contributed by atoms with van der Waals surface area (Å²) < 4.78 is 55.4. The van der Waals surface area contributed by atoms with E-state index in [1.807, 2.05) is 0 Å². The number of carbonyl (C=O) groups is 1. The number of hydrogen-bond donors (Lipinski definition) is 0. The molecule has 0 unspecified atom stereocenters. The van der Waals surface area contributed by atoms with E-state index in [2.05, 4.69) is 0 Å². The van der Waals surface area contributed by atoms with Crippen LogP contribution in [0.15, 0.2) is 36.2 Å². The Hall–Kier alpha value is -2.36. The highest BCUT2D eigenvalue weighted by molar-refractivity contribution is 5.75. The SMILES string of the molecule is N#CC(F)=C[C@H]1CC[C@H](C(=O)Oc2ccc(C(F)(F)F)cc2)CC1. The van der Waals surface area contributed by atoms with Gasteiger partial charge in [0.25, 0.3) is 0 Å². The molecule has 24 heavy (non-hydrogen) atoms. The first-order valence-electron chi connectivity index (χ1n) is 7.46. The summed E-state index contributed by atoms with van der Waals surface area (Å²) in [5.74, 6) is -1.73. The van der Waals surface area contributed by atoms with Crippen LogP contribution in [0.2, 0.25) is 0 Å². The molecular weight excluding hydrogens is 326 g/mol. The molecule has 0 radical (unpaired) electrons. The quantitative estimate of drug-likeness (QED) is 0.344. The number of nitrogens with zero attached hydrogens (tertiary/aromatic N) is 1. The lowest BCUT2D eigenvalue weighted by Crippen LogP contribution is -2.25. The van der Waals surface area contributed by atoms with Gasteiger partial charge in [0.05, 0.1) is 11.5 Å². The van der Waals surface area contributed by atoms with Gasteiger partial charge in [0, 0.05) is 0 Å². The zero-order chi connectivity index (χ0) is 17.7. The van der Waals surface area contributed by atoms with E-state index in [1.165, 1.54) is 12.1 Å². The van der Waals surface area contributed by atoms with Crippen LogP contribution in [0.1, 0.15) is 31.2 Å². The number of carbonyl (C=O) groups excluding carboxylic acids is 1. The van der Waals surface area contributed by atoms with Gasteiger partial charge >= 0.3 is 12.1 Å². The molecule has 0 saturated heterocycles. The van der Waals surface area contributed by atoms with Crippen LogP contribution in [-0.4, -0.2) is 5.97 Å². The van der Waals surface area contributed by atoms with E-state index in [1.54, 1.807) is 0 Å². The van der Waals surface area contributed by atoms with Gasteiger partial charge in [-0.1, -0.05) is 0 Å². The Bertz CT molecular complexity index is 651. The largest absolute Gasteiger partial charge is 0.426 e. The first kappa shape index (κ1) is 18.0. The Morgan fingerprint density at radius 1 is 1.17 bits per heavy atom. The van der Waals surface area contributed by atoms with E-state index in [4.69, 9.17) is 10.00 Å². The van der Waals surface area contributed by atoms with Crippen molar-refractivity contribution < 1.29 is 27.1 Å². The molecule has 1 fully saturated rings. The lowest BCUT2D eigenvalue weighted by Gasteiger charge is -2.25. The summed E-state index contributed by atoms with van der Waals surface area (Å²) in [5, 5.41) is 8.40. The molecule has 0 aromatic heterocycles. The minimum Gasteiger partial charge on any atom is -0.426 e. The molecular formula is C17H15F4NO2. The molecule has 0 atom stereocenters. The van der Waals surface area contributed by atoms with Gasteiger partial charge in [0.15, 0.2) is 5.83 Å². The lowest BCUT2D eigenvalue weighted by molar-refractivity contribution is -0.140. The molecule has 0 heterocycles. The van der Waals surface area contributed by atoms with Crippen LogP contribution >= 0.6 is 0 Å². The molecule has 7 heteroatoms. The monoisotopic (exact) mass is 341 g/mol. The summed E-state index contributed by atoms with van der Waals surface area (Å²) in [6.07, 6.45) is -1.09. The van der Waals surface area contributed by atoms with Crippen LogP contribution in [0.3, 0.4) is 0 Å². The second kappa shape index (κ2) is 7.47. The number of rotatable bonds is 3. The standard InChI is InChI=1S/C17H15F4NO2/c18-14(10-22)9-11-1-3-12(4-2-11)16(23)24-15-7-5-13(6-8-15)17(19,20)21/h5-9,11-12H,1-4H2/t11-,12-. The van der Waals surface area contributed by atoms with Crippen LogP contribution in [0, 0.1) is 23.2 Å². The van der Waals surface area contributed by atoms with Gasteiger partial charge in [0.2, 0.25) is 0 Å². The van der Waals surface area contributed by atoms with E-state index in [0.717, 1.165) is 24.3 Å². The topological polar surface area (TPSA) is 50.1 Å². The molecule has 1 aliphatic rings. The van der Waals surface area contributed by atoms with Crippen molar-refractivity contribution >= 4 is 5.97 Å². The van der Waals surface area contributed by atoms with Gasteiger partial charge in [-0.15, -0.1) is 0 Å². The van der Waals surface area contributed by atoms with Crippen molar-refractivity contribution in [1.82, 2.24) is 0 Å². The van der Waals surface area contributed by atoms with Crippen LogP contribution in [0.25, 0.3) is 0 Å². The number of hydrogen-bond acceptors (Lipinski definition) is 3. The predicted molar refractivity (Wildman–Crippen MR) is 77.3 cm³/mol. The van der Waals surface area contributed by atoms with E-state index in [9.17, 15) is 22.4 Å². The molecule has 2 rings (SSSR count). The second-order valence-corrected chi connectivity index (χ2v) is 5.68. The number of ether oxygens (including phenoxy) is 1. The van der Waals surface area contributed by atoms with E-state index in [0.29, 0.717) is 25.7 Å². The van der Waals surface area contributed by atoms with Gasteiger partial charge in [-0.05, 0) is 61.9 Å². The third-order valence-electron chi connectivity index (χ3n) is 3.99. The number of alkyl halides is 3. The number of benzene rings is 1. The average Bonchev–Trinajstić information content (AvgIpc) is 2.55. The zero-order valence-electron chi connectivity index (χ0n) is 12.6. The van der Waals surface area contributed by atoms with Crippen molar-refractivity contribution in [3.63, 3.8) is 0 Å². The van der Waals surface area contributed by atoms with Gasteiger partial charge < -0.3 is 4.74 Å². The molecule has 3 nitrogen and oxygen atoms in total. The Morgan fingerprint density at radius 2 is 1.75 bits per heavy atom. The first-order valence-corrected chi connectivity index (χ1v) is 7.46. The van der Waals surface area contributed by atoms with Crippen molar-refractivity contribution in [2.24, 2.45) is 11.8 Å². The fraction of sp³-hybridized carbons (Fsp3) is 0.412. The molecule has 128 valence electrons. The number of halogens is 4. The van der Waals surface area contributed by atoms with Gasteiger partial charge in [-0.25, -0.2) is 0 Å². The molecule has 1 aliphatic carbocycles. The average molecular weight is 341 g/mol. The van der Waals surface area contributed by atoms with E-state index < -0.39 is 23.5 Å². The highest BCUT2D eigenvalue weighted by Crippen LogP contribution is 2.33. The summed E-state index contributed by atoms with van der Waals surface area (Å²) >= 11 is 0. The summed E-state index contributed by atoms with van der Waals surface area (Å²) in [7, 11) is 0. The highest BCUT2D eigenvalue weighted by Gasteiger charge is 2.31. The smallest absolute Gasteiger partial charge is 0.416 e. The Morgan fingerprint density at radius 3 is 2.25 bits per heavy atom. The normalized spacial score (nSPS) is 21.9. The number of nitriles is 1. The molecule has 0 amide bonds. The molecule has 0 bridgehead atoms. The molecule has 0 N–H and O–H groups in total. The lowest BCUT2D eigenvalue weighted by atomic mass is 9.82. The Balaban J connectivity index is 1.89. The fourth-order valence-electron chi connectivity index (χ4n) is 2.68. The Labute approximate surface area is 136 Å². The second-order valence-electron chi connectivity index (χ2n) is 5.68. The van der Waals surface area contributed by atoms with Gasteiger partial charge in [-0.2, -0.15) is 22.8 Å².